The number of imide groups is 1. The standard InChI is InChI=1S/C20H18FN3O5S/c21-13-5-7-14(8-6-13)23-17(25)12-30-16-4-2-1-3-15(16)19(27)29-11-18(26)24-10-9-22-20(24)28/h1-8H,9-12H2,(H,22,28)(H,23,25). The van der Waals surface area contributed by atoms with Crippen LogP contribution in [0.4, 0.5) is 14.9 Å². The minimum Gasteiger partial charge on any atom is -0.452 e. The number of anilines is 1. The molecule has 10 heteroatoms. The van der Waals surface area contributed by atoms with E-state index in [4.69, 9.17) is 4.74 Å². The average molecular weight is 431 g/mol. The van der Waals surface area contributed by atoms with Gasteiger partial charge in [0.1, 0.15) is 5.82 Å². The van der Waals surface area contributed by atoms with Gasteiger partial charge in [0, 0.05) is 23.7 Å². The van der Waals surface area contributed by atoms with Gasteiger partial charge in [-0.25, -0.2) is 14.0 Å². The molecule has 0 atom stereocenters. The van der Waals surface area contributed by atoms with E-state index in [0.717, 1.165) is 16.7 Å². The number of hydrogen-bond acceptors (Lipinski definition) is 6. The van der Waals surface area contributed by atoms with Crippen molar-refractivity contribution >= 4 is 41.3 Å². The molecule has 2 N–H and O–H groups in total. The first-order valence-electron chi connectivity index (χ1n) is 8.96. The molecule has 1 heterocycles. The van der Waals surface area contributed by atoms with Crippen molar-refractivity contribution in [3.63, 3.8) is 0 Å². The van der Waals surface area contributed by atoms with Gasteiger partial charge in [0.25, 0.3) is 5.91 Å². The lowest BCUT2D eigenvalue weighted by Gasteiger charge is -2.13. The van der Waals surface area contributed by atoms with Gasteiger partial charge in [-0.15, -0.1) is 11.8 Å². The van der Waals surface area contributed by atoms with Crippen molar-refractivity contribution in [2.75, 3.05) is 30.8 Å². The van der Waals surface area contributed by atoms with E-state index in [0.29, 0.717) is 17.1 Å². The highest BCUT2D eigenvalue weighted by atomic mass is 32.2. The number of esters is 1. The number of amides is 4. The van der Waals surface area contributed by atoms with Gasteiger partial charge in [-0.2, -0.15) is 0 Å². The maximum atomic E-state index is 12.9. The molecule has 1 saturated heterocycles. The molecule has 8 nitrogen and oxygen atoms in total. The van der Waals surface area contributed by atoms with E-state index in [1.165, 1.54) is 30.3 Å². The van der Waals surface area contributed by atoms with Crippen LogP contribution in [0.2, 0.25) is 0 Å². The minimum atomic E-state index is -0.731. The lowest BCUT2D eigenvalue weighted by molar-refractivity contribution is -0.130. The maximum Gasteiger partial charge on any atom is 0.339 e. The molecule has 2 aromatic carbocycles. The van der Waals surface area contributed by atoms with E-state index in [2.05, 4.69) is 10.6 Å². The van der Waals surface area contributed by atoms with E-state index in [9.17, 15) is 23.6 Å². The number of nitrogens with one attached hydrogen (secondary N) is 2. The van der Waals surface area contributed by atoms with Crippen LogP contribution in [-0.4, -0.2) is 54.2 Å². The third kappa shape index (κ3) is 5.57. The number of rotatable bonds is 7. The summed E-state index contributed by atoms with van der Waals surface area (Å²) < 4.78 is 18.0. The third-order valence-electron chi connectivity index (χ3n) is 4.08. The smallest absolute Gasteiger partial charge is 0.339 e. The molecule has 0 radical (unpaired) electrons. The molecule has 1 aliphatic rings. The Morgan fingerprint density at radius 1 is 1.13 bits per heavy atom. The topological polar surface area (TPSA) is 105 Å². The molecular formula is C20H18FN3O5S. The summed E-state index contributed by atoms with van der Waals surface area (Å²) >= 11 is 1.12. The molecule has 3 rings (SSSR count). The molecular weight excluding hydrogens is 413 g/mol. The van der Waals surface area contributed by atoms with Gasteiger partial charge in [-0.05, 0) is 36.4 Å². The molecule has 0 spiro atoms. The summed E-state index contributed by atoms with van der Waals surface area (Å²) in [7, 11) is 0. The Morgan fingerprint density at radius 2 is 1.87 bits per heavy atom. The van der Waals surface area contributed by atoms with E-state index in [1.807, 2.05) is 0 Å². The Hall–Kier alpha value is -3.40. The Kier molecular flexibility index (Phi) is 7.02. The van der Waals surface area contributed by atoms with Crippen LogP contribution < -0.4 is 10.6 Å². The number of thioether (sulfide) groups is 1. The van der Waals surface area contributed by atoms with Crippen molar-refractivity contribution in [2.45, 2.75) is 4.90 Å². The summed E-state index contributed by atoms with van der Waals surface area (Å²) in [5, 5.41) is 5.13. The first-order valence-corrected chi connectivity index (χ1v) is 9.95. The first-order chi connectivity index (χ1) is 14.4. The molecule has 1 aliphatic heterocycles. The molecule has 0 aromatic heterocycles. The van der Waals surface area contributed by atoms with Crippen LogP contribution in [0.5, 0.6) is 0 Å². The van der Waals surface area contributed by atoms with Gasteiger partial charge in [-0.3, -0.25) is 14.5 Å². The summed E-state index contributed by atoms with van der Waals surface area (Å²) in [6.07, 6.45) is 0. The van der Waals surface area contributed by atoms with E-state index >= 15 is 0 Å². The normalized spacial score (nSPS) is 13.0. The van der Waals surface area contributed by atoms with Crippen LogP contribution in [0.3, 0.4) is 0 Å². The molecule has 1 fully saturated rings. The predicted molar refractivity (Wildman–Crippen MR) is 108 cm³/mol. The van der Waals surface area contributed by atoms with Gasteiger partial charge in [0.15, 0.2) is 6.61 Å². The molecule has 0 saturated carbocycles. The largest absolute Gasteiger partial charge is 0.452 e. The average Bonchev–Trinajstić information content (AvgIpc) is 3.18. The number of nitrogens with zero attached hydrogens (tertiary/aromatic N) is 1. The van der Waals surface area contributed by atoms with E-state index < -0.39 is 30.3 Å². The molecule has 2 aromatic rings. The van der Waals surface area contributed by atoms with Crippen LogP contribution in [-0.2, 0) is 14.3 Å². The van der Waals surface area contributed by atoms with Gasteiger partial charge in [-0.1, -0.05) is 12.1 Å². The lowest BCUT2D eigenvalue weighted by atomic mass is 10.2. The van der Waals surface area contributed by atoms with Crippen LogP contribution in [0.25, 0.3) is 0 Å². The predicted octanol–water partition coefficient (Wildman–Crippen LogP) is 2.27. The number of urea groups is 1. The SMILES string of the molecule is O=C(CSc1ccccc1C(=O)OCC(=O)N1CCNC1=O)Nc1ccc(F)cc1. The Labute approximate surface area is 175 Å². The zero-order chi connectivity index (χ0) is 21.5. The summed E-state index contributed by atoms with van der Waals surface area (Å²) in [4.78, 5) is 49.5. The fraction of sp³-hybridized carbons (Fsp3) is 0.200. The highest BCUT2D eigenvalue weighted by molar-refractivity contribution is 8.00. The zero-order valence-corrected chi connectivity index (χ0v) is 16.5. The highest BCUT2D eigenvalue weighted by Crippen LogP contribution is 2.24. The Balaban J connectivity index is 1.54. The van der Waals surface area contributed by atoms with Crippen molar-refractivity contribution in [1.29, 1.82) is 0 Å². The van der Waals surface area contributed by atoms with Gasteiger partial charge >= 0.3 is 12.0 Å². The second-order valence-electron chi connectivity index (χ2n) is 6.19. The summed E-state index contributed by atoms with van der Waals surface area (Å²) in [5.41, 5.74) is 0.662. The van der Waals surface area contributed by atoms with Crippen LogP contribution in [0.15, 0.2) is 53.4 Å². The fourth-order valence-corrected chi connectivity index (χ4v) is 3.47. The minimum absolute atomic E-state index is 0.00848. The maximum absolute atomic E-state index is 12.9. The molecule has 156 valence electrons. The van der Waals surface area contributed by atoms with Crippen molar-refractivity contribution < 1.29 is 28.3 Å². The zero-order valence-electron chi connectivity index (χ0n) is 15.7. The quantitative estimate of drug-likeness (QED) is 0.515. The second-order valence-corrected chi connectivity index (χ2v) is 7.21. The second kappa shape index (κ2) is 9.88. The van der Waals surface area contributed by atoms with Crippen molar-refractivity contribution in [1.82, 2.24) is 10.2 Å². The summed E-state index contributed by atoms with van der Waals surface area (Å²) in [5.74, 6) is -2.06. The number of ether oxygens (including phenoxy) is 1. The van der Waals surface area contributed by atoms with Crippen molar-refractivity contribution in [2.24, 2.45) is 0 Å². The van der Waals surface area contributed by atoms with Gasteiger partial charge in [0.05, 0.1) is 11.3 Å². The van der Waals surface area contributed by atoms with Gasteiger partial charge < -0.3 is 15.4 Å². The molecule has 0 unspecified atom stereocenters. The van der Waals surface area contributed by atoms with Crippen molar-refractivity contribution in [3.8, 4) is 0 Å². The monoisotopic (exact) mass is 431 g/mol. The number of halogens is 1. The number of benzene rings is 2. The highest BCUT2D eigenvalue weighted by Gasteiger charge is 2.27. The Morgan fingerprint density at radius 3 is 2.57 bits per heavy atom. The third-order valence-corrected chi connectivity index (χ3v) is 5.15. The van der Waals surface area contributed by atoms with Crippen LogP contribution in [0, 0.1) is 5.82 Å². The summed E-state index contributed by atoms with van der Waals surface area (Å²) in [6.45, 7) is 0.0269. The Bertz CT molecular complexity index is 967. The van der Waals surface area contributed by atoms with E-state index in [-0.39, 0.29) is 23.8 Å². The molecule has 0 bridgehead atoms. The number of carbonyl (C=O) groups is 4. The van der Waals surface area contributed by atoms with Gasteiger partial charge in [0.2, 0.25) is 5.91 Å². The van der Waals surface area contributed by atoms with E-state index in [1.54, 1.807) is 18.2 Å². The van der Waals surface area contributed by atoms with Crippen molar-refractivity contribution in [3.05, 3.63) is 59.9 Å². The number of carbonyl (C=O) groups excluding carboxylic acids is 4. The molecule has 0 aliphatic carbocycles. The first kappa shape index (κ1) is 21.3. The van der Waals surface area contributed by atoms with Crippen LogP contribution in [0.1, 0.15) is 10.4 Å². The molecule has 4 amide bonds. The summed E-state index contributed by atoms with van der Waals surface area (Å²) in [6, 6.07) is 11.4. The lowest BCUT2D eigenvalue weighted by Crippen LogP contribution is -2.37. The number of hydrogen-bond donors (Lipinski definition) is 2. The molecule has 30 heavy (non-hydrogen) atoms. The fourth-order valence-electron chi connectivity index (χ4n) is 2.63. The van der Waals surface area contributed by atoms with Crippen LogP contribution >= 0.6 is 11.8 Å².